The van der Waals surface area contributed by atoms with Gasteiger partial charge in [0.15, 0.2) is 10.1 Å². The highest BCUT2D eigenvalue weighted by Gasteiger charge is 2.45. The average Bonchev–Trinajstić information content (AvgIpc) is 3.36. The lowest BCUT2D eigenvalue weighted by molar-refractivity contribution is -0.118. The van der Waals surface area contributed by atoms with Crippen molar-refractivity contribution in [3.8, 4) is 6.07 Å². The molecule has 1 aromatic heterocycles. The number of allylic oxidation sites excluding steroid dienone is 3. The molecule has 0 spiro atoms. The number of nitrogens with zero attached hydrogens (tertiary/aromatic N) is 4. The van der Waals surface area contributed by atoms with Gasteiger partial charge in [0, 0.05) is 27.7 Å². The molecule has 2 aliphatic rings. The van der Waals surface area contributed by atoms with Crippen molar-refractivity contribution in [1.29, 1.82) is 5.26 Å². The Morgan fingerprint density at radius 1 is 1.20 bits per heavy atom. The van der Waals surface area contributed by atoms with Crippen LogP contribution in [0.1, 0.15) is 38.2 Å². The first kappa shape index (κ1) is 29.4. The van der Waals surface area contributed by atoms with Crippen molar-refractivity contribution in [2.24, 2.45) is 11.1 Å². The zero-order valence-electron chi connectivity index (χ0n) is 21.9. The zero-order chi connectivity index (χ0) is 29.5. The number of amides is 1. The number of halogens is 3. The van der Waals surface area contributed by atoms with Crippen LogP contribution in [0, 0.1) is 16.7 Å². The molecule has 0 bridgehead atoms. The summed E-state index contributed by atoms with van der Waals surface area (Å²) >= 11 is 21.0. The molecular weight excluding hydrogens is 623 g/mol. The van der Waals surface area contributed by atoms with Gasteiger partial charge in [-0.3, -0.25) is 14.5 Å². The van der Waals surface area contributed by atoms with E-state index in [-0.39, 0.29) is 34.3 Å². The Kier molecular flexibility index (Phi) is 8.37. The van der Waals surface area contributed by atoms with E-state index >= 15 is 0 Å². The summed E-state index contributed by atoms with van der Waals surface area (Å²) in [6.45, 7) is 4.04. The molecule has 0 fully saturated rings. The fraction of sp³-hybridized carbons (Fsp3) is 0.250. The van der Waals surface area contributed by atoms with E-state index in [2.05, 4.69) is 21.6 Å². The summed E-state index contributed by atoms with van der Waals surface area (Å²) in [4.78, 5) is 27.9. The van der Waals surface area contributed by atoms with Gasteiger partial charge >= 0.3 is 0 Å². The Labute approximate surface area is 260 Å². The molecule has 13 heteroatoms. The van der Waals surface area contributed by atoms with Crippen molar-refractivity contribution in [2.45, 2.75) is 36.9 Å². The van der Waals surface area contributed by atoms with Gasteiger partial charge in [0.05, 0.1) is 34.0 Å². The van der Waals surface area contributed by atoms with E-state index in [1.165, 1.54) is 23.1 Å². The van der Waals surface area contributed by atoms with Crippen LogP contribution in [0.2, 0.25) is 15.1 Å². The van der Waals surface area contributed by atoms with Crippen LogP contribution in [-0.4, -0.2) is 27.6 Å². The third-order valence-corrected chi connectivity index (χ3v) is 9.65. The largest absolute Gasteiger partial charge is 0.384 e. The highest BCUT2D eigenvalue weighted by molar-refractivity contribution is 8.01. The summed E-state index contributed by atoms with van der Waals surface area (Å²) in [6, 6.07) is 14.2. The van der Waals surface area contributed by atoms with Gasteiger partial charge in [-0.25, -0.2) is 0 Å². The molecular formula is C28H23Cl3N6O2S2. The van der Waals surface area contributed by atoms with Crippen LogP contribution in [0.5, 0.6) is 0 Å². The minimum atomic E-state index is -0.686. The molecule has 210 valence electrons. The number of rotatable bonds is 6. The predicted molar refractivity (Wildman–Crippen MR) is 164 cm³/mol. The number of hydrogen-bond donors (Lipinski definition) is 2. The number of benzene rings is 2. The molecule has 1 atom stereocenters. The van der Waals surface area contributed by atoms with E-state index in [0.29, 0.717) is 59.9 Å². The maximum Gasteiger partial charge on any atom is 0.234 e. The highest BCUT2D eigenvalue weighted by Crippen LogP contribution is 2.51. The molecule has 3 N–H and O–H groups in total. The second-order valence-electron chi connectivity index (χ2n) is 10.3. The lowest BCUT2D eigenvalue weighted by atomic mass is 9.68. The third kappa shape index (κ3) is 5.96. The van der Waals surface area contributed by atoms with Crippen LogP contribution in [-0.2, 0) is 9.59 Å². The van der Waals surface area contributed by atoms with Gasteiger partial charge < -0.3 is 11.1 Å². The maximum absolute atomic E-state index is 13.7. The maximum atomic E-state index is 13.7. The first-order valence-electron chi connectivity index (χ1n) is 12.4. The second-order valence-corrected chi connectivity index (χ2v) is 13.7. The Morgan fingerprint density at radius 2 is 1.95 bits per heavy atom. The number of Topliss-reactive ketones (excluding diaryl/α,β-unsaturated/α-hetero) is 1. The van der Waals surface area contributed by atoms with Crippen molar-refractivity contribution in [3.05, 3.63) is 85.8 Å². The molecule has 0 saturated carbocycles. The number of aromatic nitrogens is 2. The summed E-state index contributed by atoms with van der Waals surface area (Å²) in [7, 11) is 0. The topological polar surface area (TPSA) is 125 Å². The van der Waals surface area contributed by atoms with Gasteiger partial charge in [0.1, 0.15) is 5.82 Å². The quantitative estimate of drug-likeness (QED) is 0.270. The van der Waals surface area contributed by atoms with Gasteiger partial charge in [-0.1, -0.05) is 89.9 Å². The molecule has 1 unspecified atom stereocenters. The van der Waals surface area contributed by atoms with E-state index in [1.807, 2.05) is 26.0 Å². The van der Waals surface area contributed by atoms with Crippen molar-refractivity contribution < 1.29 is 9.59 Å². The molecule has 2 heterocycles. The number of nitrogens with two attached hydrogens (primary N) is 1. The number of nitriles is 1. The van der Waals surface area contributed by atoms with Crippen LogP contribution < -0.4 is 16.0 Å². The van der Waals surface area contributed by atoms with Crippen LogP contribution >= 0.6 is 57.9 Å². The van der Waals surface area contributed by atoms with Crippen molar-refractivity contribution in [1.82, 2.24) is 10.2 Å². The molecule has 2 aromatic carbocycles. The van der Waals surface area contributed by atoms with E-state index < -0.39 is 5.92 Å². The smallest absolute Gasteiger partial charge is 0.234 e. The molecule has 3 aromatic rings. The van der Waals surface area contributed by atoms with Gasteiger partial charge in [0.2, 0.25) is 11.0 Å². The average molecular weight is 646 g/mol. The molecule has 1 aliphatic carbocycles. The fourth-order valence-corrected chi connectivity index (χ4v) is 7.38. The fourth-order valence-electron chi connectivity index (χ4n) is 5.00. The van der Waals surface area contributed by atoms with Gasteiger partial charge in [-0.15, -0.1) is 10.2 Å². The van der Waals surface area contributed by atoms with E-state index in [1.54, 1.807) is 35.2 Å². The molecule has 0 radical (unpaired) electrons. The highest BCUT2D eigenvalue weighted by atomic mass is 35.5. The lowest BCUT2D eigenvalue weighted by Gasteiger charge is -2.42. The number of ketones is 1. The zero-order valence-corrected chi connectivity index (χ0v) is 25.8. The minimum absolute atomic E-state index is 0.0520. The number of hydrogen-bond acceptors (Lipinski definition) is 9. The van der Waals surface area contributed by atoms with E-state index in [4.69, 9.17) is 40.5 Å². The Morgan fingerprint density at radius 3 is 2.66 bits per heavy atom. The van der Waals surface area contributed by atoms with Crippen LogP contribution in [0.3, 0.4) is 0 Å². The molecule has 41 heavy (non-hydrogen) atoms. The predicted octanol–water partition coefficient (Wildman–Crippen LogP) is 7.17. The third-order valence-electron chi connectivity index (χ3n) is 6.72. The van der Waals surface area contributed by atoms with Crippen LogP contribution in [0.4, 0.5) is 10.8 Å². The summed E-state index contributed by atoms with van der Waals surface area (Å²) in [5, 5.41) is 23.2. The summed E-state index contributed by atoms with van der Waals surface area (Å²) in [5.74, 6) is -0.815. The first-order chi connectivity index (χ1) is 19.5. The second kappa shape index (κ2) is 11.7. The van der Waals surface area contributed by atoms with Crippen LogP contribution in [0.15, 0.2) is 69.5 Å². The monoisotopic (exact) mass is 644 g/mol. The SMILES string of the molecule is CC1(C)CC(=O)C2=C(C1)N(c1nnc(SCC(=O)Nc3ccc(Cl)cc3Cl)s1)C(N)=C(C#N)C2c1ccccc1Cl. The Bertz CT molecular complexity index is 1680. The van der Waals surface area contributed by atoms with E-state index in [9.17, 15) is 14.9 Å². The molecule has 8 nitrogen and oxygen atoms in total. The summed E-state index contributed by atoms with van der Waals surface area (Å²) < 4.78 is 0.514. The van der Waals surface area contributed by atoms with Crippen LogP contribution in [0.25, 0.3) is 0 Å². The van der Waals surface area contributed by atoms with Crippen molar-refractivity contribution in [2.75, 3.05) is 16.0 Å². The normalized spacial score (nSPS) is 18.3. The van der Waals surface area contributed by atoms with Crippen molar-refractivity contribution >= 4 is 80.4 Å². The number of carbonyl (C=O) groups excluding carboxylic acids is 2. The molecule has 5 rings (SSSR count). The molecule has 0 saturated heterocycles. The first-order valence-corrected chi connectivity index (χ1v) is 15.3. The Balaban J connectivity index is 1.46. The number of nitrogens with one attached hydrogen (secondary N) is 1. The number of carbonyl (C=O) groups is 2. The standard InChI is InChI=1S/C28H23Cl3N6O2S2/c1-28(2)10-20-24(21(38)11-28)23(15-5-3-4-6-17(15)30)16(12-32)25(33)37(20)26-35-36-27(41-26)40-13-22(39)34-19-8-7-14(29)9-18(19)31/h3-9,23H,10-11,13,33H2,1-2H3,(H,34,39). The number of anilines is 2. The Hall–Kier alpha value is -3.07. The van der Waals surface area contributed by atoms with Gasteiger partial charge in [-0.2, -0.15) is 5.26 Å². The van der Waals surface area contributed by atoms with E-state index in [0.717, 1.165) is 0 Å². The lowest BCUT2D eigenvalue weighted by Crippen LogP contribution is -2.42. The molecule has 1 amide bonds. The molecule has 1 aliphatic heterocycles. The summed E-state index contributed by atoms with van der Waals surface area (Å²) in [6.07, 6.45) is 0.851. The van der Waals surface area contributed by atoms with Gasteiger partial charge in [0.25, 0.3) is 0 Å². The van der Waals surface area contributed by atoms with Gasteiger partial charge in [-0.05, 0) is 41.7 Å². The minimum Gasteiger partial charge on any atom is -0.384 e. The summed E-state index contributed by atoms with van der Waals surface area (Å²) in [5.41, 5.74) is 8.81. The number of thioether (sulfide) groups is 1. The van der Waals surface area contributed by atoms with Crippen molar-refractivity contribution in [3.63, 3.8) is 0 Å².